The first-order valence-corrected chi connectivity index (χ1v) is 22.0. The molecule has 3 heterocycles. The summed E-state index contributed by atoms with van der Waals surface area (Å²) in [5, 5.41) is 43.9. The van der Waals surface area contributed by atoms with Crippen LogP contribution in [0.15, 0.2) is 12.7 Å². The Kier molecular flexibility index (Phi) is 17.9. The normalized spacial score (nSPS) is 21.8. The average molecular weight is 908 g/mol. The summed E-state index contributed by atoms with van der Waals surface area (Å²) in [6.07, 6.45) is -9.59. The van der Waals surface area contributed by atoms with Crippen molar-refractivity contribution in [1.82, 2.24) is 30.2 Å². The highest BCUT2D eigenvalue weighted by molar-refractivity contribution is 8.13. The topological polar surface area (TPSA) is 432 Å². The van der Waals surface area contributed by atoms with Crippen LogP contribution in [0, 0.1) is 5.41 Å². The summed E-state index contributed by atoms with van der Waals surface area (Å²) in [6, 6.07) is 0. The van der Waals surface area contributed by atoms with Crippen LogP contribution in [0.2, 0.25) is 0 Å². The number of aliphatic carboxylic acids is 1. The van der Waals surface area contributed by atoms with Crippen LogP contribution in [0.3, 0.4) is 0 Å². The minimum absolute atomic E-state index is 0.0294. The highest BCUT2D eigenvalue weighted by Crippen LogP contribution is 2.56. The fraction of sp³-hybridized carbons (Fsp3) is 0.667. The van der Waals surface area contributed by atoms with Gasteiger partial charge in [0.1, 0.15) is 36.3 Å². The van der Waals surface area contributed by atoms with Gasteiger partial charge in [-0.3, -0.25) is 32.9 Å². The van der Waals surface area contributed by atoms with Gasteiger partial charge in [-0.1, -0.05) is 25.6 Å². The average Bonchev–Trinajstić information content (AvgIpc) is 3.67. The number of nitrogens with zero attached hydrogens (tertiary/aromatic N) is 4. The van der Waals surface area contributed by atoms with Crippen LogP contribution in [0.5, 0.6) is 0 Å². The number of phosphoric acid groups is 3. The molecule has 0 saturated carbocycles. The third kappa shape index (κ3) is 15.5. The number of aromatic nitrogens is 4. The number of hydrogen-bond donors (Lipinski definition) is 7. The van der Waals surface area contributed by atoms with Crippen LogP contribution in [0.25, 0.3) is 11.2 Å². The van der Waals surface area contributed by atoms with E-state index in [2.05, 4.69) is 43.5 Å². The Morgan fingerprint density at radius 3 is 2.36 bits per heavy atom. The summed E-state index contributed by atoms with van der Waals surface area (Å²) in [5.41, 5.74) is 3.99. The fourth-order valence-corrected chi connectivity index (χ4v) is 8.39. The number of ether oxygens (including phenoxy) is 1. The van der Waals surface area contributed by atoms with E-state index in [0.29, 0.717) is 0 Å². The lowest BCUT2D eigenvalue weighted by Crippen LogP contribution is -2.46. The molecule has 8 N–H and O–H groups in total. The zero-order valence-electron chi connectivity index (χ0n) is 30.4. The number of nitrogens with two attached hydrogens (primary N) is 1. The molecule has 1 fully saturated rings. The molecule has 1 aliphatic heterocycles. The number of carbonyl (C=O) groups is 4. The summed E-state index contributed by atoms with van der Waals surface area (Å²) in [6.45, 7) is -0.259. The third-order valence-corrected chi connectivity index (χ3v) is 11.7. The number of nitrogens with one attached hydrogen (secondary N) is 2. The SMILES string of the molecule is CC(C)(COP(=O)([O-])OP(=O)([O-])OCC1OC(n2cnc3c(N)ncnc32)C(O)C1OP(=O)([O-])[O-])C(O)C(=O)NCCC(=O)NCCSC(=O)CC(O)CCC(=O)O. The van der Waals surface area contributed by atoms with Crippen LogP contribution in [-0.4, -0.2) is 125 Å². The van der Waals surface area contributed by atoms with E-state index in [0.717, 1.165) is 42.8 Å². The number of hydrogen-bond acceptors (Lipinski definition) is 24. The quantitative estimate of drug-likeness (QED) is 0.0387. The number of carboxylic acid groups (broad SMARTS) is 1. The minimum atomic E-state index is -5.94. The molecule has 0 bridgehead atoms. The summed E-state index contributed by atoms with van der Waals surface area (Å²) in [7, 11) is -17.7. The smallest absolute Gasteiger partial charge is 0.303 e. The molecule has 1 aliphatic rings. The molecule has 3 rings (SSSR count). The van der Waals surface area contributed by atoms with Gasteiger partial charge < -0.3 is 79.2 Å². The molecule has 27 nitrogen and oxygen atoms in total. The van der Waals surface area contributed by atoms with Crippen molar-refractivity contribution in [1.29, 1.82) is 0 Å². The van der Waals surface area contributed by atoms with E-state index in [4.69, 9.17) is 15.6 Å². The highest BCUT2D eigenvalue weighted by Gasteiger charge is 2.47. The number of aliphatic hydroxyl groups is 3. The second-order valence-electron chi connectivity index (χ2n) is 13.0. The van der Waals surface area contributed by atoms with Crippen LogP contribution >= 0.6 is 35.2 Å². The second kappa shape index (κ2) is 21.0. The minimum Gasteiger partial charge on any atom is -0.790 e. The lowest BCUT2D eigenvalue weighted by Gasteiger charge is -2.36. The predicted octanol–water partition coefficient (Wildman–Crippen LogP) is -4.25. The standard InChI is InChI=1S/C27H44N7O20P3S/c1-27(2,22(41)25(42)30-6-5-16(36)29-7-8-58-18(39)9-14(35)3-4-17(37)38)11-51-57(48,49)54-56(46,47)50-10-15-21(53-55(43,44)45)20(40)26(52-15)34-13-33-19-23(28)31-12-32-24(19)34/h12-15,20-22,26,35,40-41H,3-11H2,1-2H3,(H,29,36)(H,30,42)(H,37,38)(H,46,47)(H,48,49)(H2,28,31,32)(H2,43,44,45)/p-4. The van der Waals surface area contributed by atoms with E-state index < -0.39 is 102 Å². The number of anilines is 1. The molecule has 0 radical (unpaired) electrons. The van der Waals surface area contributed by atoms with Crippen LogP contribution in [0.4, 0.5) is 5.82 Å². The van der Waals surface area contributed by atoms with Crippen molar-refractivity contribution >= 4 is 75.1 Å². The molecule has 328 valence electrons. The number of rotatable bonds is 24. The maximum absolute atomic E-state index is 12.5. The number of thioether (sulfide) groups is 1. The van der Waals surface area contributed by atoms with Crippen molar-refractivity contribution in [3.8, 4) is 0 Å². The number of fused-ring (bicyclic) bond motifs is 1. The Bertz CT molecular complexity index is 1920. The first-order valence-electron chi connectivity index (χ1n) is 16.7. The molecule has 31 heteroatoms. The second-order valence-corrected chi connectivity index (χ2v) is 18.2. The summed E-state index contributed by atoms with van der Waals surface area (Å²) >= 11 is 0.814. The largest absolute Gasteiger partial charge is 0.790 e. The maximum Gasteiger partial charge on any atom is 0.303 e. The predicted molar refractivity (Wildman–Crippen MR) is 186 cm³/mol. The monoisotopic (exact) mass is 907 g/mol. The molecular weight excluding hydrogens is 867 g/mol. The Balaban J connectivity index is 1.45. The maximum atomic E-state index is 12.5. The van der Waals surface area contributed by atoms with E-state index in [1.165, 1.54) is 0 Å². The number of phosphoric ester groups is 3. The molecule has 2 aromatic heterocycles. The van der Waals surface area contributed by atoms with Gasteiger partial charge in [0.2, 0.25) is 11.8 Å². The van der Waals surface area contributed by atoms with Gasteiger partial charge >= 0.3 is 5.97 Å². The van der Waals surface area contributed by atoms with Gasteiger partial charge in [-0.25, -0.2) is 19.3 Å². The van der Waals surface area contributed by atoms with Gasteiger partial charge in [0.05, 0.1) is 33.5 Å². The summed E-state index contributed by atoms with van der Waals surface area (Å²) < 4.78 is 60.4. The van der Waals surface area contributed by atoms with Crippen molar-refractivity contribution in [3.05, 3.63) is 12.7 Å². The highest BCUT2D eigenvalue weighted by atomic mass is 32.2. The third-order valence-electron chi connectivity index (χ3n) is 7.83. The Labute approximate surface area is 332 Å². The number of amides is 2. The Morgan fingerprint density at radius 2 is 1.71 bits per heavy atom. The van der Waals surface area contributed by atoms with Gasteiger partial charge in [0.25, 0.3) is 15.6 Å². The van der Waals surface area contributed by atoms with Crippen LogP contribution in [-0.2, 0) is 55.5 Å². The summed E-state index contributed by atoms with van der Waals surface area (Å²) in [4.78, 5) is 106. The van der Waals surface area contributed by atoms with Gasteiger partial charge in [-0.15, -0.1) is 0 Å². The molecule has 0 spiro atoms. The Morgan fingerprint density at radius 1 is 1.03 bits per heavy atom. The zero-order valence-corrected chi connectivity index (χ0v) is 33.9. The van der Waals surface area contributed by atoms with E-state index in [1.807, 2.05) is 0 Å². The van der Waals surface area contributed by atoms with E-state index >= 15 is 0 Å². The lowest BCUT2D eigenvalue weighted by molar-refractivity contribution is -0.347. The molecule has 0 aromatic carbocycles. The summed E-state index contributed by atoms with van der Waals surface area (Å²) in [5.74, 6) is -2.69. The molecule has 0 aliphatic carbocycles. The number of carbonyl (C=O) groups excluding carboxylic acids is 3. The van der Waals surface area contributed by atoms with Gasteiger partial charge in [-0.2, -0.15) is 0 Å². The zero-order chi connectivity index (χ0) is 43.6. The molecule has 8 unspecified atom stereocenters. The Hall–Kier alpha value is -3.01. The first-order chi connectivity index (χ1) is 26.8. The van der Waals surface area contributed by atoms with E-state index in [9.17, 15) is 67.8 Å². The number of nitrogen functional groups attached to an aromatic ring is 1. The number of carboxylic acids is 1. The van der Waals surface area contributed by atoms with Crippen LogP contribution < -0.4 is 35.9 Å². The molecule has 1 saturated heterocycles. The van der Waals surface area contributed by atoms with E-state index in [-0.39, 0.29) is 61.5 Å². The molecular formula is C27H40N7O20P3S-4. The van der Waals surface area contributed by atoms with E-state index in [1.54, 1.807) is 0 Å². The van der Waals surface area contributed by atoms with Gasteiger partial charge in [0, 0.05) is 43.5 Å². The van der Waals surface area contributed by atoms with Crippen molar-refractivity contribution in [2.45, 2.75) is 76.3 Å². The first kappa shape index (κ1) is 49.4. The van der Waals surface area contributed by atoms with Crippen molar-refractivity contribution in [2.75, 3.05) is 37.8 Å². The number of aliphatic hydroxyl groups excluding tert-OH is 3. The number of imidazole rings is 1. The molecule has 2 amide bonds. The molecule has 58 heavy (non-hydrogen) atoms. The van der Waals surface area contributed by atoms with Crippen LogP contribution in [0.1, 0.15) is 45.8 Å². The van der Waals surface area contributed by atoms with Crippen molar-refractivity contribution < 1.29 is 95.5 Å². The lowest BCUT2D eigenvalue weighted by atomic mass is 9.87. The molecule has 2 aromatic rings. The van der Waals surface area contributed by atoms with Gasteiger partial charge in [0.15, 0.2) is 22.8 Å². The van der Waals surface area contributed by atoms with Crippen molar-refractivity contribution in [2.24, 2.45) is 5.41 Å². The van der Waals surface area contributed by atoms with Gasteiger partial charge in [-0.05, 0) is 6.42 Å². The molecule has 8 atom stereocenters. The fourth-order valence-electron chi connectivity index (χ4n) is 4.92. The van der Waals surface area contributed by atoms with Crippen molar-refractivity contribution in [3.63, 3.8) is 0 Å².